The number of fused-ring (bicyclic) bond motifs is 1. The van der Waals surface area contributed by atoms with E-state index in [9.17, 15) is 0 Å². The molecule has 2 nitrogen and oxygen atoms in total. The number of aryl methyl sites for hydroxylation is 2. The number of hydrogen-bond donors (Lipinski definition) is 0. The molecular formula is C30H38N2. The first-order valence-corrected chi connectivity index (χ1v) is 12.3. The van der Waals surface area contributed by atoms with Gasteiger partial charge in [0.05, 0.1) is 0 Å². The van der Waals surface area contributed by atoms with Gasteiger partial charge in [-0.2, -0.15) is 0 Å². The Bertz CT molecular complexity index is 1030. The van der Waals surface area contributed by atoms with Gasteiger partial charge in [0.2, 0.25) is 0 Å². The standard InChI is InChI=1S/C30H38N2/c1-24-19-25(2)21-27(20-24)23-32(18-10-9-17-31-15-7-4-8-16-31)26(3)29-14-13-28-11-5-6-12-30(28)22-29/h5-6,11-14,19-22H,3-4,7-10,15-18,23H2,1-2H3. The molecule has 1 fully saturated rings. The number of piperidine rings is 1. The molecule has 0 aromatic heterocycles. The van der Waals surface area contributed by atoms with E-state index in [2.05, 4.69) is 90.9 Å². The fourth-order valence-corrected chi connectivity index (χ4v) is 5.06. The summed E-state index contributed by atoms with van der Waals surface area (Å²) in [5.74, 6) is 0. The van der Waals surface area contributed by atoms with Crippen molar-refractivity contribution >= 4 is 16.5 Å². The Morgan fingerprint density at radius 2 is 1.56 bits per heavy atom. The van der Waals surface area contributed by atoms with Gasteiger partial charge in [-0.1, -0.05) is 78.7 Å². The van der Waals surface area contributed by atoms with Crippen LogP contribution in [-0.4, -0.2) is 36.0 Å². The normalized spacial score (nSPS) is 14.6. The van der Waals surface area contributed by atoms with Crippen molar-refractivity contribution in [3.8, 4) is 0 Å². The first-order valence-electron chi connectivity index (χ1n) is 12.3. The van der Waals surface area contributed by atoms with E-state index >= 15 is 0 Å². The Labute approximate surface area is 194 Å². The molecule has 0 amide bonds. The summed E-state index contributed by atoms with van der Waals surface area (Å²) in [6.07, 6.45) is 6.61. The summed E-state index contributed by atoms with van der Waals surface area (Å²) in [7, 11) is 0. The Kier molecular flexibility index (Phi) is 7.65. The van der Waals surface area contributed by atoms with Gasteiger partial charge in [-0.3, -0.25) is 0 Å². The van der Waals surface area contributed by atoms with Crippen LogP contribution in [0.3, 0.4) is 0 Å². The van der Waals surface area contributed by atoms with E-state index in [0.717, 1.165) is 18.8 Å². The molecule has 0 atom stereocenters. The topological polar surface area (TPSA) is 6.48 Å². The average molecular weight is 427 g/mol. The molecule has 0 saturated carbocycles. The van der Waals surface area contributed by atoms with E-state index in [0.29, 0.717) is 0 Å². The monoisotopic (exact) mass is 426 g/mol. The number of likely N-dealkylation sites (tertiary alicyclic amines) is 1. The van der Waals surface area contributed by atoms with Crippen molar-refractivity contribution in [3.63, 3.8) is 0 Å². The second kappa shape index (κ2) is 10.8. The maximum atomic E-state index is 4.56. The highest BCUT2D eigenvalue weighted by Crippen LogP contribution is 2.25. The van der Waals surface area contributed by atoms with Gasteiger partial charge in [0, 0.05) is 18.8 Å². The second-order valence-electron chi connectivity index (χ2n) is 9.54. The van der Waals surface area contributed by atoms with Gasteiger partial charge in [0.25, 0.3) is 0 Å². The summed E-state index contributed by atoms with van der Waals surface area (Å²) < 4.78 is 0. The molecular weight excluding hydrogens is 388 g/mol. The van der Waals surface area contributed by atoms with Crippen LogP contribution < -0.4 is 0 Å². The minimum absolute atomic E-state index is 0.915. The van der Waals surface area contributed by atoms with Crippen molar-refractivity contribution < 1.29 is 0 Å². The highest BCUT2D eigenvalue weighted by atomic mass is 15.1. The van der Waals surface area contributed by atoms with Gasteiger partial charge in [0.1, 0.15) is 0 Å². The molecule has 1 heterocycles. The zero-order valence-electron chi connectivity index (χ0n) is 19.9. The van der Waals surface area contributed by atoms with Crippen LogP contribution in [-0.2, 0) is 6.54 Å². The number of benzene rings is 3. The second-order valence-corrected chi connectivity index (χ2v) is 9.54. The van der Waals surface area contributed by atoms with E-state index in [-0.39, 0.29) is 0 Å². The zero-order chi connectivity index (χ0) is 22.3. The molecule has 0 N–H and O–H groups in total. The van der Waals surface area contributed by atoms with Crippen LogP contribution in [0.4, 0.5) is 0 Å². The zero-order valence-corrected chi connectivity index (χ0v) is 19.9. The lowest BCUT2D eigenvalue weighted by atomic mass is 10.0. The van der Waals surface area contributed by atoms with Crippen molar-refractivity contribution in [1.29, 1.82) is 0 Å². The SMILES string of the molecule is C=C(c1ccc2ccccc2c1)N(CCCCN1CCCCC1)Cc1cc(C)cc(C)c1. The summed E-state index contributed by atoms with van der Waals surface area (Å²) in [5.41, 5.74) is 6.40. The Hall–Kier alpha value is -2.58. The lowest BCUT2D eigenvalue weighted by Gasteiger charge is -2.29. The molecule has 0 aliphatic carbocycles. The fraction of sp³-hybridized carbons (Fsp3) is 0.400. The maximum absolute atomic E-state index is 4.56. The largest absolute Gasteiger partial charge is 0.367 e. The predicted molar refractivity (Wildman–Crippen MR) is 139 cm³/mol. The Morgan fingerprint density at radius 1 is 0.844 bits per heavy atom. The van der Waals surface area contributed by atoms with Gasteiger partial charge < -0.3 is 9.80 Å². The predicted octanol–water partition coefficient (Wildman–Crippen LogP) is 7.20. The molecule has 2 heteroatoms. The van der Waals surface area contributed by atoms with E-state index in [1.807, 2.05) is 0 Å². The fourth-order valence-electron chi connectivity index (χ4n) is 5.06. The number of nitrogens with zero attached hydrogens (tertiary/aromatic N) is 2. The molecule has 0 spiro atoms. The van der Waals surface area contributed by atoms with Gasteiger partial charge in [-0.25, -0.2) is 0 Å². The Morgan fingerprint density at radius 3 is 2.31 bits per heavy atom. The lowest BCUT2D eigenvalue weighted by molar-refractivity contribution is 0.221. The van der Waals surface area contributed by atoms with E-state index in [4.69, 9.17) is 0 Å². The number of hydrogen-bond acceptors (Lipinski definition) is 2. The highest BCUT2D eigenvalue weighted by Gasteiger charge is 2.13. The van der Waals surface area contributed by atoms with E-state index < -0.39 is 0 Å². The van der Waals surface area contributed by atoms with Crippen LogP contribution in [0.5, 0.6) is 0 Å². The summed E-state index contributed by atoms with van der Waals surface area (Å²) in [6, 6.07) is 22.2. The van der Waals surface area contributed by atoms with Crippen LogP contribution in [0.15, 0.2) is 67.2 Å². The van der Waals surface area contributed by atoms with E-state index in [1.165, 1.54) is 84.8 Å². The molecule has 3 aromatic rings. The molecule has 0 radical (unpaired) electrons. The van der Waals surface area contributed by atoms with Crippen molar-refractivity contribution in [2.24, 2.45) is 0 Å². The first kappa shape index (κ1) is 22.6. The van der Waals surface area contributed by atoms with Crippen LogP contribution in [0.2, 0.25) is 0 Å². The Balaban J connectivity index is 1.47. The van der Waals surface area contributed by atoms with Gasteiger partial charge in [-0.05, 0) is 87.1 Å². The van der Waals surface area contributed by atoms with Crippen LogP contribution >= 0.6 is 0 Å². The quantitative estimate of drug-likeness (QED) is 0.334. The minimum atomic E-state index is 0.915. The lowest BCUT2D eigenvalue weighted by Crippen LogP contribution is -2.31. The molecule has 32 heavy (non-hydrogen) atoms. The highest BCUT2D eigenvalue weighted by molar-refractivity contribution is 5.85. The first-order chi connectivity index (χ1) is 15.6. The molecule has 168 valence electrons. The number of unbranched alkanes of at least 4 members (excludes halogenated alkanes) is 1. The number of rotatable bonds is 9. The third-order valence-electron chi connectivity index (χ3n) is 6.72. The molecule has 1 aliphatic heterocycles. The molecule has 3 aromatic carbocycles. The van der Waals surface area contributed by atoms with Crippen molar-refractivity contribution in [2.75, 3.05) is 26.2 Å². The molecule has 1 aliphatic rings. The van der Waals surface area contributed by atoms with Gasteiger partial charge in [0.15, 0.2) is 0 Å². The molecule has 4 rings (SSSR count). The van der Waals surface area contributed by atoms with Gasteiger partial charge in [-0.15, -0.1) is 0 Å². The molecule has 1 saturated heterocycles. The van der Waals surface area contributed by atoms with Crippen LogP contribution in [0.25, 0.3) is 16.5 Å². The average Bonchev–Trinajstić information content (AvgIpc) is 2.80. The summed E-state index contributed by atoms with van der Waals surface area (Å²) in [5, 5.41) is 2.56. The summed E-state index contributed by atoms with van der Waals surface area (Å²) in [6.45, 7) is 14.7. The van der Waals surface area contributed by atoms with Gasteiger partial charge >= 0.3 is 0 Å². The maximum Gasteiger partial charge on any atom is 0.0429 e. The third kappa shape index (κ3) is 6.01. The minimum Gasteiger partial charge on any atom is -0.367 e. The van der Waals surface area contributed by atoms with Crippen LogP contribution in [0, 0.1) is 13.8 Å². The van der Waals surface area contributed by atoms with Crippen molar-refractivity contribution in [2.45, 2.75) is 52.5 Å². The van der Waals surface area contributed by atoms with Crippen molar-refractivity contribution in [1.82, 2.24) is 9.80 Å². The molecule has 0 bridgehead atoms. The third-order valence-corrected chi connectivity index (χ3v) is 6.72. The summed E-state index contributed by atoms with van der Waals surface area (Å²) >= 11 is 0. The summed E-state index contributed by atoms with van der Waals surface area (Å²) in [4.78, 5) is 5.14. The van der Waals surface area contributed by atoms with Crippen molar-refractivity contribution in [3.05, 3.63) is 89.5 Å². The smallest absolute Gasteiger partial charge is 0.0429 e. The van der Waals surface area contributed by atoms with Crippen LogP contribution in [0.1, 0.15) is 54.4 Å². The molecule has 0 unspecified atom stereocenters. The van der Waals surface area contributed by atoms with E-state index in [1.54, 1.807) is 0 Å².